The third kappa shape index (κ3) is 4.72. The molecule has 1 aliphatic heterocycles. The van der Waals surface area contributed by atoms with Crippen LogP contribution < -0.4 is 0 Å². The summed E-state index contributed by atoms with van der Waals surface area (Å²) in [4.78, 5) is 35.7. The Morgan fingerprint density at radius 1 is 1.13 bits per heavy atom. The summed E-state index contributed by atoms with van der Waals surface area (Å²) in [5.41, 5.74) is -1.32. The molecule has 1 heterocycles. The number of hydrogen-bond acceptors (Lipinski definition) is 6. The molecular formula is C19H20F3NO6S. The summed E-state index contributed by atoms with van der Waals surface area (Å²) < 4.78 is 65.6. The van der Waals surface area contributed by atoms with Crippen molar-refractivity contribution in [2.45, 2.75) is 48.0 Å². The Labute approximate surface area is 170 Å². The lowest BCUT2D eigenvalue weighted by molar-refractivity contribution is -0.142. The molecule has 1 aliphatic carbocycles. The standard InChI is InChI=1S/C19H20F3NO6S/c20-19(21,22)14-3-1-2-4-17(14)30(28,29)13-8-15(18(26)27)23(10-13)9-12(24)7-16(25)11-5-6-11/h1-4,11,13,15H,5-10H2,(H,26,27). The summed E-state index contributed by atoms with van der Waals surface area (Å²) in [6.07, 6.45) is -4.28. The molecular weight excluding hydrogens is 427 g/mol. The SMILES string of the molecule is O=C(CC(=O)C1CC1)CN1CC(S(=O)(=O)c2ccccc2C(F)(F)F)CC1C(=O)O. The van der Waals surface area contributed by atoms with Crippen LogP contribution in [0.4, 0.5) is 13.2 Å². The molecule has 30 heavy (non-hydrogen) atoms. The fourth-order valence-electron chi connectivity index (χ4n) is 3.67. The second-order valence-electron chi connectivity index (χ2n) is 7.64. The summed E-state index contributed by atoms with van der Waals surface area (Å²) in [6, 6.07) is 2.38. The van der Waals surface area contributed by atoms with Crippen molar-refractivity contribution in [3.63, 3.8) is 0 Å². The monoisotopic (exact) mass is 447 g/mol. The molecule has 1 aromatic rings. The van der Waals surface area contributed by atoms with Crippen LogP contribution in [0.3, 0.4) is 0 Å². The van der Waals surface area contributed by atoms with Gasteiger partial charge >= 0.3 is 12.1 Å². The van der Waals surface area contributed by atoms with E-state index in [1.54, 1.807) is 0 Å². The number of halogens is 3. The Morgan fingerprint density at radius 3 is 2.33 bits per heavy atom. The van der Waals surface area contributed by atoms with Crippen LogP contribution in [0.15, 0.2) is 29.2 Å². The first-order valence-electron chi connectivity index (χ1n) is 9.32. The van der Waals surface area contributed by atoms with Crippen molar-refractivity contribution in [1.29, 1.82) is 0 Å². The highest BCUT2D eigenvalue weighted by atomic mass is 32.2. The fourth-order valence-corrected chi connectivity index (χ4v) is 5.61. The molecule has 164 valence electrons. The van der Waals surface area contributed by atoms with Crippen LogP contribution >= 0.6 is 0 Å². The van der Waals surface area contributed by atoms with E-state index in [-0.39, 0.29) is 18.1 Å². The van der Waals surface area contributed by atoms with Gasteiger partial charge in [-0.05, 0) is 31.4 Å². The van der Waals surface area contributed by atoms with Crippen LogP contribution in [0.5, 0.6) is 0 Å². The highest BCUT2D eigenvalue weighted by Gasteiger charge is 2.46. The number of carbonyl (C=O) groups excluding carboxylic acids is 2. The zero-order valence-corrected chi connectivity index (χ0v) is 16.6. The van der Waals surface area contributed by atoms with E-state index in [0.29, 0.717) is 18.9 Å². The second-order valence-corrected chi connectivity index (χ2v) is 9.83. The van der Waals surface area contributed by atoms with Crippen LogP contribution in [0.25, 0.3) is 0 Å². The van der Waals surface area contributed by atoms with E-state index in [0.717, 1.165) is 23.1 Å². The minimum Gasteiger partial charge on any atom is -0.480 e. The van der Waals surface area contributed by atoms with Gasteiger partial charge in [0.2, 0.25) is 0 Å². The summed E-state index contributed by atoms with van der Waals surface area (Å²) in [6.45, 7) is -0.850. The Kier molecular flexibility index (Phi) is 6.06. The van der Waals surface area contributed by atoms with Gasteiger partial charge in [-0.1, -0.05) is 12.1 Å². The number of hydrogen-bond donors (Lipinski definition) is 1. The van der Waals surface area contributed by atoms with Crippen molar-refractivity contribution in [3.05, 3.63) is 29.8 Å². The van der Waals surface area contributed by atoms with Gasteiger partial charge in [-0.2, -0.15) is 13.2 Å². The maximum Gasteiger partial charge on any atom is 0.417 e. The number of rotatable bonds is 8. The number of aliphatic carboxylic acids is 1. The van der Waals surface area contributed by atoms with Crippen molar-refractivity contribution < 1.29 is 41.1 Å². The Bertz CT molecular complexity index is 971. The van der Waals surface area contributed by atoms with Gasteiger partial charge in [0.15, 0.2) is 15.6 Å². The fraction of sp³-hybridized carbons (Fsp3) is 0.526. The Morgan fingerprint density at radius 2 is 1.77 bits per heavy atom. The zero-order valence-electron chi connectivity index (χ0n) is 15.8. The summed E-state index contributed by atoms with van der Waals surface area (Å²) in [5, 5.41) is 8.00. The van der Waals surface area contributed by atoms with Crippen LogP contribution in [0, 0.1) is 5.92 Å². The first kappa shape index (κ1) is 22.4. The first-order valence-corrected chi connectivity index (χ1v) is 10.9. The third-order valence-corrected chi connectivity index (χ3v) is 7.56. The molecule has 1 N–H and O–H groups in total. The molecule has 1 saturated carbocycles. The van der Waals surface area contributed by atoms with Gasteiger partial charge in [0.25, 0.3) is 0 Å². The quantitative estimate of drug-likeness (QED) is 0.607. The van der Waals surface area contributed by atoms with Gasteiger partial charge < -0.3 is 5.11 Å². The first-order chi connectivity index (χ1) is 13.9. The topological polar surface area (TPSA) is 109 Å². The highest BCUT2D eigenvalue weighted by Crippen LogP contribution is 2.37. The molecule has 1 saturated heterocycles. The third-order valence-electron chi connectivity index (χ3n) is 5.37. The number of sulfone groups is 1. The van der Waals surface area contributed by atoms with Gasteiger partial charge in [-0.15, -0.1) is 0 Å². The average Bonchev–Trinajstić information content (AvgIpc) is 3.41. The molecule has 11 heteroatoms. The normalized spacial score (nSPS) is 22.8. The zero-order chi connectivity index (χ0) is 22.3. The lowest BCUT2D eigenvalue weighted by Crippen LogP contribution is -2.40. The van der Waals surface area contributed by atoms with Crippen molar-refractivity contribution >= 4 is 27.4 Å². The number of carboxylic acids is 1. The number of benzene rings is 1. The molecule has 2 atom stereocenters. The van der Waals surface area contributed by atoms with Crippen molar-refractivity contribution in [2.24, 2.45) is 5.92 Å². The highest BCUT2D eigenvalue weighted by molar-refractivity contribution is 7.92. The number of alkyl halides is 3. The van der Waals surface area contributed by atoms with Crippen molar-refractivity contribution in [3.8, 4) is 0 Å². The Balaban J connectivity index is 1.81. The minimum absolute atomic E-state index is 0.144. The number of likely N-dealkylation sites (tertiary alicyclic amines) is 1. The molecule has 0 aromatic heterocycles. The molecule has 0 spiro atoms. The van der Waals surface area contributed by atoms with Gasteiger partial charge in [0, 0.05) is 12.5 Å². The number of carboxylic acid groups (broad SMARTS) is 1. The summed E-state index contributed by atoms with van der Waals surface area (Å²) >= 11 is 0. The van der Waals surface area contributed by atoms with Crippen LogP contribution in [0.1, 0.15) is 31.2 Å². The average molecular weight is 447 g/mol. The molecule has 2 fully saturated rings. The number of ketones is 2. The van der Waals surface area contributed by atoms with E-state index in [1.807, 2.05) is 0 Å². The van der Waals surface area contributed by atoms with E-state index in [2.05, 4.69) is 0 Å². The van der Waals surface area contributed by atoms with E-state index in [9.17, 15) is 41.1 Å². The van der Waals surface area contributed by atoms with Gasteiger partial charge in [-0.25, -0.2) is 8.42 Å². The number of nitrogens with zero attached hydrogens (tertiary/aromatic N) is 1. The van der Waals surface area contributed by atoms with Crippen LogP contribution in [0.2, 0.25) is 0 Å². The predicted molar refractivity (Wildman–Crippen MR) is 97.4 cm³/mol. The largest absolute Gasteiger partial charge is 0.480 e. The molecule has 0 amide bonds. The second kappa shape index (κ2) is 8.10. The van der Waals surface area contributed by atoms with Gasteiger partial charge in [0.1, 0.15) is 11.8 Å². The maximum atomic E-state index is 13.3. The van der Waals surface area contributed by atoms with E-state index < -0.39 is 69.0 Å². The Hall–Kier alpha value is -2.27. The van der Waals surface area contributed by atoms with Gasteiger partial charge in [-0.3, -0.25) is 19.3 Å². The summed E-state index contributed by atoms with van der Waals surface area (Å²) in [7, 11) is -4.52. The van der Waals surface area contributed by atoms with Crippen LogP contribution in [-0.2, 0) is 30.4 Å². The predicted octanol–water partition coefficient (Wildman–Crippen LogP) is 1.94. The van der Waals surface area contributed by atoms with Crippen LogP contribution in [-0.4, -0.2) is 60.3 Å². The molecule has 2 unspecified atom stereocenters. The molecule has 3 rings (SSSR count). The lowest BCUT2D eigenvalue weighted by atomic mass is 10.1. The number of Topliss-reactive ketones (excluding diaryl/α,β-unsaturated/α-hetero) is 2. The number of carbonyl (C=O) groups is 3. The van der Waals surface area contributed by atoms with E-state index in [4.69, 9.17) is 0 Å². The molecule has 2 aliphatic rings. The summed E-state index contributed by atoms with van der Waals surface area (Å²) in [5.74, 6) is -2.28. The van der Waals surface area contributed by atoms with E-state index in [1.165, 1.54) is 0 Å². The smallest absolute Gasteiger partial charge is 0.417 e. The molecule has 0 bridgehead atoms. The maximum absolute atomic E-state index is 13.3. The molecule has 1 aromatic carbocycles. The molecule has 7 nitrogen and oxygen atoms in total. The van der Waals surface area contributed by atoms with Gasteiger partial charge in [0.05, 0.1) is 28.7 Å². The van der Waals surface area contributed by atoms with Crippen molar-refractivity contribution in [2.75, 3.05) is 13.1 Å². The van der Waals surface area contributed by atoms with Crippen molar-refractivity contribution in [1.82, 2.24) is 4.90 Å². The lowest BCUT2D eigenvalue weighted by Gasteiger charge is -2.20. The molecule has 0 radical (unpaired) electrons. The van der Waals surface area contributed by atoms with E-state index >= 15 is 0 Å². The minimum atomic E-state index is -4.90.